The highest BCUT2D eigenvalue weighted by Crippen LogP contribution is 2.22. The van der Waals surface area contributed by atoms with Gasteiger partial charge in [-0.25, -0.2) is 0 Å². The van der Waals surface area contributed by atoms with Gasteiger partial charge < -0.3 is 10.6 Å². The van der Waals surface area contributed by atoms with Crippen LogP contribution in [0.25, 0.3) is 0 Å². The summed E-state index contributed by atoms with van der Waals surface area (Å²) in [7, 11) is 0. The average molecular weight is 359 g/mol. The van der Waals surface area contributed by atoms with E-state index in [1.165, 1.54) is 21.6 Å². The van der Waals surface area contributed by atoms with Crippen LogP contribution in [0.5, 0.6) is 0 Å². The molecule has 128 valence electrons. The second-order valence-corrected chi connectivity index (χ2v) is 8.12. The zero-order chi connectivity index (χ0) is 17.6. The molecule has 0 amide bonds. The van der Waals surface area contributed by atoms with Gasteiger partial charge >= 0.3 is 0 Å². The zero-order valence-corrected chi connectivity index (χ0v) is 16.5. The predicted molar refractivity (Wildman–Crippen MR) is 110 cm³/mol. The molecular weight excluding hydrogens is 332 g/mol. The zero-order valence-electron chi connectivity index (χ0n) is 14.8. The molecule has 0 unspecified atom stereocenters. The van der Waals surface area contributed by atoms with Crippen molar-refractivity contribution in [1.82, 2.24) is 10.6 Å². The monoisotopic (exact) mass is 358 g/mol. The molecule has 0 atom stereocenters. The van der Waals surface area contributed by atoms with Crippen LogP contribution in [0.3, 0.4) is 0 Å². The fourth-order valence-corrected chi connectivity index (χ4v) is 2.85. The topological polar surface area (TPSA) is 24.1 Å². The maximum absolute atomic E-state index is 5.36. The van der Waals surface area contributed by atoms with Gasteiger partial charge in [-0.05, 0) is 52.7 Å². The highest BCUT2D eigenvalue weighted by molar-refractivity contribution is 7.98. The maximum Gasteiger partial charge on any atom is 0.166 e. The van der Waals surface area contributed by atoms with Gasteiger partial charge in [-0.1, -0.05) is 57.2 Å². The molecule has 0 saturated carbocycles. The van der Waals surface area contributed by atoms with E-state index < -0.39 is 0 Å². The second-order valence-electron chi connectivity index (χ2n) is 6.83. The minimum atomic E-state index is 0.189. The fourth-order valence-electron chi connectivity index (χ4n) is 2.29. The maximum atomic E-state index is 5.36. The molecule has 0 spiro atoms. The van der Waals surface area contributed by atoms with Gasteiger partial charge in [0.1, 0.15) is 0 Å². The molecule has 2 aromatic carbocycles. The Labute approximate surface area is 155 Å². The molecule has 0 aliphatic heterocycles. The number of hydrogen-bond donors (Lipinski definition) is 2. The van der Waals surface area contributed by atoms with Crippen LogP contribution in [0.15, 0.2) is 53.4 Å². The molecule has 0 aromatic heterocycles. The Bertz CT molecular complexity index is 656. The molecule has 24 heavy (non-hydrogen) atoms. The van der Waals surface area contributed by atoms with Crippen molar-refractivity contribution in [2.45, 2.75) is 44.2 Å². The quantitative estimate of drug-likeness (QED) is 0.588. The molecule has 0 radical (unpaired) electrons. The first-order valence-electron chi connectivity index (χ1n) is 8.12. The highest BCUT2D eigenvalue weighted by atomic mass is 32.2. The van der Waals surface area contributed by atoms with E-state index in [1.54, 1.807) is 11.8 Å². The Morgan fingerprint density at radius 2 is 1.33 bits per heavy atom. The fraction of sp³-hybridized carbons (Fsp3) is 0.350. The Morgan fingerprint density at radius 3 is 1.75 bits per heavy atom. The van der Waals surface area contributed by atoms with Crippen molar-refractivity contribution < 1.29 is 0 Å². The van der Waals surface area contributed by atoms with Gasteiger partial charge in [0.25, 0.3) is 0 Å². The standard InChI is InChI=1S/C20H26N2S2/c1-20(2,3)17-9-5-15(6-10-17)13-21-19(23)22-14-16-7-11-18(24-4)12-8-16/h5-12H,13-14H2,1-4H3,(H2,21,22,23). The van der Waals surface area contributed by atoms with Crippen molar-refractivity contribution >= 4 is 29.1 Å². The lowest BCUT2D eigenvalue weighted by molar-refractivity contribution is 0.590. The van der Waals surface area contributed by atoms with E-state index in [-0.39, 0.29) is 5.41 Å². The van der Waals surface area contributed by atoms with Gasteiger partial charge in [-0.2, -0.15) is 0 Å². The molecule has 0 bridgehead atoms. The molecule has 2 N–H and O–H groups in total. The van der Waals surface area contributed by atoms with E-state index in [9.17, 15) is 0 Å². The van der Waals surface area contributed by atoms with Crippen molar-refractivity contribution in [3.63, 3.8) is 0 Å². The van der Waals surface area contributed by atoms with Gasteiger partial charge in [0.2, 0.25) is 0 Å². The summed E-state index contributed by atoms with van der Waals surface area (Å²) in [5.74, 6) is 0. The molecule has 0 aliphatic carbocycles. The number of nitrogens with one attached hydrogen (secondary N) is 2. The summed E-state index contributed by atoms with van der Waals surface area (Å²) in [5, 5.41) is 7.21. The van der Waals surface area contributed by atoms with Crippen LogP contribution in [0.4, 0.5) is 0 Å². The van der Waals surface area contributed by atoms with Crippen LogP contribution < -0.4 is 10.6 Å². The Morgan fingerprint density at radius 1 is 0.875 bits per heavy atom. The van der Waals surface area contributed by atoms with E-state index in [4.69, 9.17) is 12.2 Å². The summed E-state index contributed by atoms with van der Waals surface area (Å²) in [6, 6.07) is 17.2. The SMILES string of the molecule is CSc1ccc(CNC(=S)NCc2ccc(C(C)(C)C)cc2)cc1. The summed E-state index contributed by atoms with van der Waals surface area (Å²) in [5.41, 5.74) is 4.00. The smallest absolute Gasteiger partial charge is 0.166 e. The first-order chi connectivity index (χ1) is 11.4. The average Bonchev–Trinajstić information content (AvgIpc) is 2.58. The summed E-state index contributed by atoms with van der Waals surface area (Å²) in [4.78, 5) is 1.28. The van der Waals surface area contributed by atoms with Crippen LogP contribution in [-0.4, -0.2) is 11.4 Å². The van der Waals surface area contributed by atoms with Crippen LogP contribution in [-0.2, 0) is 18.5 Å². The summed E-state index contributed by atoms with van der Waals surface area (Å²) >= 11 is 7.11. The number of hydrogen-bond acceptors (Lipinski definition) is 2. The largest absolute Gasteiger partial charge is 0.359 e. The minimum absolute atomic E-state index is 0.189. The van der Waals surface area contributed by atoms with Gasteiger partial charge in [0.05, 0.1) is 0 Å². The van der Waals surface area contributed by atoms with Crippen molar-refractivity contribution in [1.29, 1.82) is 0 Å². The van der Waals surface area contributed by atoms with Crippen molar-refractivity contribution in [2.75, 3.05) is 6.26 Å². The number of thioether (sulfide) groups is 1. The lowest BCUT2D eigenvalue weighted by Gasteiger charge is -2.19. The van der Waals surface area contributed by atoms with Crippen molar-refractivity contribution in [2.24, 2.45) is 0 Å². The van der Waals surface area contributed by atoms with Crippen LogP contribution in [0, 0.1) is 0 Å². The lowest BCUT2D eigenvalue weighted by atomic mass is 9.87. The lowest BCUT2D eigenvalue weighted by Crippen LogP contribution is -2.34. The van der Waals surface area contributed by atoms with E-state index >= 15 is 0 Å². The third-order valence-electron chi connectivity index (χ3n) is 3.89. The van der Waals surface area contributed by atoms with Crippen LogP contribution in [0.2, 0.25) is 0 Å². The van der Waals surface area contributed by atoms with Gasteiger partial charge in [0.15, 0.2) is 5.11 Å². The molecule has 2 nitrogen and oxygen atoms in total. The van der Waals surface area contributed by atoms with E-state index in [0.717, 1.165) is 13.1 Å². The highest BCUT2D eigenvalue weighted by Gasteiger charge is 2.12. The molecule has 0 saturated heterocycles. The van der Waals surface area contributed by atoms with Gasteiger partial charge in [-0.15, -0.1) is 11.8 Å². The Hall–Kier alpha value is -1.52. The van der Waals surface area contributed by atoms with Gasteiger partial charge in [-0.3, -0.25) is 0 Å². The summed E-state index contributed by atoms with van der Waals surface area (Å²) in [6.07, 6.45) is 2.08. The Balaban J connectivity index is 1.78. The minimum Gasteiger partial charge on any atom is -0.359 e. The number of thiocarbonyl (C=S) groups is 1. The molecule has 0 heterocycles. The number of rotatable bonds is 5. The summed E-state index contributed by atoms with van der Waals surface area (Å²) in [6.45, 7) is 8.16. The first kappa shape index (κ1) is 18.8. The van der Waals surface area contributed by atoms with E-state index in [2.05, 4.69) is 86.2 Å². The Kier molecular flexibility index (Phi) is 6.69. The number of benzene rings is 2. The first-order valence-corrected chi connectivity index (χ1v) is 9.76. The molecule has 4 heteroatoms. The van der Waals surface area contributed by atoms with Gasteiger partial charge in [0, 0.05) is 18.0 Å². The summed E-state index contributed by atoms with van der Waals surface area (Å²) < 4.78 is 0. The van der Waals surface area contributed by atoms with Crippen LogP contribution >= 0.6 is 24.0 Å². The normalized spacial score (nSPS) is 11.2. The molecular formula is C20H26N2S2. The third-order valence-corrected chi connectivity index (χ3v) is 4.92. The third kappa shape index (κ3) is 5.84. The van der Waals surface area contributed by atoms with E-state index in [0.29, 0.717) is 5.11 Å². The molecule has 0 aliphatic rings. The molecule has 0 fully saturated rings. The predicted octanol–water partition coefficient (Wildman–Crippen LogP) is 4.87. The van der Waals surface area contributed by atoms with Crippen LogP contribution in [0.1, 0.15) is 37.5 Å². The van der Waals surface area contributed by atoms with Crippen molar-refractivity contribution in [3.8, 4) is 0 Å². The molecule has 2 aromatic rings. The molecule has 2 rings (SSSR count). The van der Waals surface area contributed by atoms with Crippen molar-refractivity contribution in [3.05, 3.63) is 65.2 Å². The van der Waals surface area contributed by atoms with E-state index in [1.807, 2.05) is 0 Å². The second kappa shape index (κ2) is 8.54.